The fourth-order valence-corrected chi connectivity index (χ4v) is 0.441. The molecule has 0 spiro atoms. The second kappa shape index (κ2) is 3.25. The van der Waals surface area contributed by atoms with Gasteiger partial charge in [0.05, 0.1) is 4.95 Å². The van der Waals surface area contributed by atoms with Crippen LogP contribution in [0.4, 0.5) is 0 Å². The standard InChI is InChI=1S/C6H12BrN/c1-5(2)6(7)8(3)4/h6H,1H2,2-4H3. The number of nitrogens with zero attached hydrogens (tertiary/aromatic N) is 1. The molecule has 0 bridgehead atoms. The Balaban J connectivity index is 3.64. The third kappa shape index (κ3) is 2.48. The zero-order chi connectivity index (χ0) is 6.73. The number of alkyl halides is 1. The summed E-state index contributed by atoms with van der Waals surface area (Å²) in [5.74, 6) is 0. The lowest BCUT2D eigenvalue weighted by Crippen LogP contribution is -2.21. The van der Waals surface area contributed by atoms with Gasteiger partial charge in [-0.05, 0) is 21.0 Å². The predicted octanol–water partition coefficient (Wildman–Crippen LogP) is 1.85. The Labute approximate surface area is 59.5 Å². The average Bonchev–Trinajstić information content (AvgIpc) is 1.64. The normalized spacial score (nSPS) is 14.1. The Bertz CT molecular complexity index is 88.5. The van der Waals surface area contributed by atoms with Gasteiger partial charge < -0.3 is 0 Å². The highest BCUT2D eigenvalue weighted by molar-refractivity contribution is 9.09. The SMILES string of the molecule is C=C(C)C(Br)N(C)C. The van der Waals surface area contributed by atoms with Gasteiger partial charge >= 0.3 is 0 Å². The first-order valence-corrected chi connectivity index (χ1v) is 3.43. The summed E-state index contributed by atoms with van der Waals surface area (Å²) in [6.07, 6.45) is 0. The lowest BCUT2D eigenvalue weighted by atomic mass is 10.3. The Kier molecular flexibility index (Phi) is 3.33. The molecule has 0 aliphatic heterocycles. The summed E-state index contributed by atoms with van der Waals surface area (Å²) in [4.78, 5) is 2.38. The molecule has 0 rings (SSSR count). The van der Waals surface area contributed by atoms with E-state index in [1.54, 1.807) is 0 Å². The molecule has 0 aliphatic rings. The van der Waals surface area contributed by atoms with Crippen LogP contribution in [0.3, 0.4) is 0 Å². The van der Waals surface area contributed by atoms with Gasteiger partial charge in [0.25, 0.3) is 0 Å². The first-order chi connectivity index (χ1) is 3.55. The maximum absolute atomic E-state index is 3.79. The number of likely N-dealkylation sites (N-methyl/N-ethyl adjacent to an activating group) is 1. The van der Waals surface area contributed by atoms with E-state index in [1.165, 1.54) is 0 Å². The molecule has 0 aromatic carbocycles. The lowest BCUT2D eigenvalue weighted by molar-refractivity contribution is 0.422. The van der Waals surface area contributed by atoms with Gasteiger partial charge in [-0.25, -0.2) is 0 Å². The summed E-state index contributed by atoms with van der Waals surface area (Å²) in [7, 11) is 4.02. The Hall–Kier alpha value is 0.180. The first kappa shape index (κ1) is 8.18. The Morgan fingerprint density at radius 1 is 1.62 bits per heavy atom. The van der Waals surface area contributed by atoms with Crippen LogP contribution in [0.15, 0.2) is 12.2 Å². The minimum Gasteiger partial charge on any atom is -0.294 e. The molecule has 0 saturated heterocycles. The van der Waals surface area contributed by atoms with Crippen molar-refractivity contribution in [2.45, 2.75) is 11.9 Å². The van der Waals surface area contributed by atoms with Crippen molar-refractivity contribution in [2.24, 2.45) is 0 Å². The van der Waals surface area contributed by atoms with Crippen molar-refractivity contribution in [3.63, 3.8) is 0 Å². The molecule has 0 fully saturated rings. The Morgan fingerprint density at radius 2 is 2.00 bits per heavy atom. The summed E-state index contributed by atoms with van der Waals surface area (Å²) in [6.45, 7) is 5.79. The summed E-state index contributed by atoms with van der Waals surface area (Å²) < 4.78 is 0. The third-order valence-electron chi connectivity index (χ3n) is 0.860. The molecule has 0 saturated carbocycles. The molecule has 0 heterocycles. The van der Waals surface area contributed by atoms with E-state index in [0.29, 0.717) is 4.95 Å². The predicted molar refractivity (Wildman–Crippen MR) is 41.2 cm³/mol. The molecule has 0 radical (unpaired) electrons. The molecule has 0 N–H and O–H groups in total. The fourth-order valence-electron chi connectivity index (χ4n) is 0.441. The summed E-state index contributed by atoms with van der Waals surface area (Å²) in [5, 5.41) is 0. The first-order valence-electron chi connectivity index (χ1n) is 2.51. The van der Waals surface area contributed by atoms with Crippen molar-refractivity contribution < 1.29 is 0 Å². The average molecular weight is 178 g/mol. The number of rotatable bonds is 2. The zero-order valence-electron chi connectivity index (χ0n) is 5.61. The van der Waals surface area contributed by atoms with Crippen molar-refractivity contribution >= 4 is 15.9 Å². The van der Waals surface area contributed by atoms with E-state index in [0.717, 1.165) is 5.57 Å². The van der Waals surface area contributed by atoms with E-state index in [9.17, 15) is 0 Å². The van der Waals surface area contributed by atoms with E-state index >= 15 is 0 Å². The van der Waals surface area contributed by atoms with Crippen molar-refractivity contribution in [1.82, 2.24) is 4.90 Å². The van der Waals surface area contributed by atoms with Crippen LogP contribution in [-0.4, -0.2) is 23.9 Å². The van der Waals surface area contributed by atoms with Crippen molar-refractivity contribution in [1.29, 1.82) is 0 Å². The molecule has 8 heavy (non-hydrogen) atoms. The molecule has 1 nitrogen and oxygen atoms in total. The van der Waals surface area contributed by atoms with Crippen LogP contribution in [0.2, 0.25) is 0 Å². The molecule has 0 aromatic heterocycles. The number of halogens is 1. The molecule has 2 heteroatoms. The van der Waals surface area contributed by atoms with E-state index in [1.807, 2.05) is 21.0 Å². The van der Waals surface area contributed by atoms with E-state index in [2.05, 4.69) is 27.4 Å². The highest BCUT2D eigenvalue weighted by Gasteiger charge is 2.04. The molecule has 0 aliphatic carbocycles. The summed E-state index contributed by atoms with van der Waals surface area (Å²) in [5.41, 5.74) is 1.13. The van der Waals surface area contributed by atoms with Crippen molar-refractivity contribution in [3.05, 3.63) is 12.2 Å². The van der Waals surface area contributed by atoms with Crippen LogP contribution < -0.4 is 0 Å². The van der Waals surface area contributed by atoms with Crippen LogP contribution >= 0.6 is 15.9 Å². The van der Waals surface area contributed by atoms with Crippen molar-refractivity contribution in [2.75, 3.05) is 14.1 Å². The fraction of sp³-hybridized carbons (Fsp3) is 0.667. The highest BCUT2D eigenvalue weighted by Crippen LogP contribution is 2.10. The van der Waals surface area contributed by atoms with Crippen LogP contribution in [0.1, 0.15) is 6.92 Å². The topological polar surface area (TPSA) is 3.24 Å². The van der Waals surface area contributed by atoms with E-state index in [-0.39, 0.29) is 0 Å². The largest absolute Gasteiger partial charge is 0.294 e. The third-order valence-corrected chi connectivity index (χ3v) is 2.46. The number of hydrogen-bond donors (Lipinski definition) is 0. The monoisotopic (exact) mass is 177 g/mol. The van der Waals surface area contributed by atoms with Gasteiger partial charge in [0.15, 0.2) is 0 Å². The number of hydrogen-bond acceptors (Lipinski definition) is 1. The van der Waals surface area contributed by atoms with Gasteiger partial charge in [0.1, 0.15) is 0 Å². The van der Waals surface area contributed by atoms with E-state index < -0.39 is 0 Å². The van der Waals surface area contributed by atoms with Crippen LogP contribution in [-0.2, 0) is 0 Å². The van der Waals surface area contributed by atoms with E-state index in [4.69, 9.17) is 0 Å². The molecule has 0 aromatic rings. The lowest BCUT2D eigenvalue weighted by Gasteiger charge is -2.16. The van der Waals surface area contributed by atoms with Gasteiger partial charge in [-0.2, -0.15) is 0 Å². The van der Waals surface area contributed by atoms with Gasteiger partial charge in [-0.3, -0.25) is 4.90 Å². The molecule has 1 unspecified atom stereocenters. The van der Waals surface area contributed by atoms with Gasteiger partial charge in [0, 0.05) is 0 Å². The van der Waals surface area contributed by atoms with Gasteiger partial charge in [-0.15, -0.1) is 0 Å². The minimum atomic E-state index is 0.322. The molecular weight excluding hydrogens is 166 g/mol. The molecule has 1 atom stereocenters. The zero-order valence-corrected chi connectivity index (χ0v) is 7.20. The van der Waals surface area contributed by atoms with Crippen LogP contribution in [0, 0.1) is 0 Å². The summed E-state index contributed by atoms with van der Waals surface area (Å²) in [6, 6.07) is 0. The van der Waals surface area contributed by atoms with Crippen LogP contribution in [0.25, 0.3) is 0 Å². The second-order valence-corrected chi connectivity index (χ2v) is 3.01. The molecule has 48 valence electrons. The molecule has 0 amide bonds. The minimum absolute atomic E-state index is 0.322. The second-order valence-electron chi connectivity index (χ2n) is 2.15. The van der Waals surface area contributed by atoms with Gasteiger partial charge in [-0.1, -0.05) is 28.1 Å². The van der Waals surface area contributed by atoms with Crippen molar-refractivity contribution in [3.8, 4) is 0 Å². The smallest absolute Gasteiger partial charge is 0.0860 e. The molecular formula is C6H12BrN. The van der Waals surface area contributed by atoms with Crippen LogP contribution in [0.5, 0.6) is 0 Å². The quantitative estimate of drug-likeness (QED) is 0.354. The maximum Gasteiger partial charge on any atom is 0.0860 e. The van der Waals surface area contributed by atoms with Gasteiger partial charge in [0.2, 0.25) is 0 Å². The summed E-state index contributed by atoms with van der Waals surface area (Å²) >= 11 is 3.43. The highest BCUT2D eigenvalue weighted by atomic mass is 79.9. The Morgan fingerprint density at radius 3 is 2.00 bits per heavy atom. The maximum atomic E-state index is 3.79.